The maximum atomic E-state index is 3.21. The van der Waals surface area contributed by atoms with Crippen molar-refractivity contribution in [1.29, 1.82) is 0 Å². The summed E-state index contributed by atoms with van der Waals surface area (Å²) in [6, 6.07) is 9.01. The molecule has 2 rings (SSSR count). The Hall–Kier alpha value is -1.22. The highest BCUT2D eigenvalue weighted by molar-refractivity contribution is 5.37. The SMILES string of the molecule is CCC#Cc1ccc(C2CCC(CCCCC)CC2)cc1. The number of benzene rings is 1. The van der Waals surface area contributed by atoms with Crippen LogP contribution in [0.25, 0.3) is 0 Å². The summed E-state index contributed by atoms with van der Waals surface area (Å²) < 4.78 is 0. The van der Waals surface area contributed by atoms with E-state index in [2.05, 4.69) is 50.0 Å². The van der Waals surface area contributed by atoms with Gasteiger partial charge in [0.15, 0.2) is 0 Å². The van der Waals surface area contributed by atoms with E-state index >= 15 is 0 Å². The minimum atomic E-state index is 0.792. The van der Waals surface area contributed by atoms with Crippen molar-refractivity contribution >= 4 is 0 Å². The van der Waals surface area contributed by atoms with Crippen LogP contribution in [0, 0.1) is 17.8 Å². The molecule has 0 bridgehead atoms. The summed E-state index contributed by atoms with van der Waals surface area (Å²) >= 11 is 0. The normalized spacial score (nSPS) is 21.6. The first-order chi connectivity index (χ1) is 10.3. The van der Waals surface area contributed by atoms with Crippen LogP contribution in [-0.2, 0) is 0 Å². The number of hydrogen-bond donors (Lipinski definition) is 0. The van der Waals surface area contributed by atoms with Crippen molar-refractivity contribution in [2.45, 2.75) is 77.6 Å². The predicted molar refractivity (Wildman–Crippen MR) is 92.5 cm³/mol. The van der Waals surface area contributed by atoms with Crippen LogP contribution >= 0.6 is 0 Å². The van der Waals surface area contributed by atoms with Crippen molar-refractivity contribution in [3.63, 3.8) is 0 Å². The molecular weight excluding hydrogens is 252 g/mol. The molecule has 1 aliphatic carbocycles. The second kappa shape index (κ2) is 8.93. The third-order valence-corrected chi connectivity index (χ3v) is 4.85. The van der Waals surface area contributed by atoms with Gasteiger partial charge in [-0.25, -0.2) is 0 Å². The van der Waals surface area contributed by atoms with Crippen molar-refractivity contribution in [2.75, 3.05) is 0 Å². The zero-order valence-electron chi connectivity index (χ0n) is 13.8. The van der Waals surface area contributed by atoms with E-state index in [1.807, 2.05) is 0 Å². The van der Waals surface area contributed by atoms with Crippen molar-refractivity contribution in [1.82, 2.24) is 0 Å². The topological polar surface area (TPSA) is 0 Å². The van der Waals surface area contributed by atoms with Gasteiger partial charge < -0.3 is 0 Å². The van der Waals surface area contributed by atoms with E-state index in [0.29, 0.717) is 0 Å². The van der Waals surface area contributed by atoms with Gasteiger partial charge in [0, 0.05) is 12.0 Å². The van der Waals surface area contributed by atoms with Gasteiger partial charge in [0.1, 0.15) is 0 Å². The number of hydrogen-bond acceptors (Lipinski definition) is 0. The van der Waals surface area contributed by atoms with Crippen LogP contribution in [0.15, 0.2) is 24.3 Å². The zero-order valence-corrected chi connectivity index (χ0v) is 13.8. The lowest BCUT2D eigenvalue weighted by Crippen LogP contribution is -2.13. The fourth-order valence-corrected chi connectivity index (χ4v) is 3.50. The summed E-state index contributed by atoms with van der Waals surface area (Å²) in [5, 5.41) is 0. The molecule has 0 N–H and O–H groups in total. The molecule has 0 aromatic heterocycles. The van der Waals surface area contributed by atoms with E-state index in [-0.39, 0.29) is 0 Å². The second-order valence-electron chi connectivity index (χ2n) is 6.49. The highest BCUT2D eigenvalue weighted by Gasteiger charge is 2.21. The maximum absolute atomic E-state index is 3.21. The molecule has 0 atom stereocenters. The zero-order chi connectivity index (χ0) is 14.9. The van der Waals surface area contributed by atoms with Gasteiger partial charge in [0.2, 0.25) is 0 Å². The van der Waals surface area contributed by atoms with Crippen LogP contribution in [0.3, 0.4) is 0 Å². The Bertz CT molecular complexity index is 449. The number of unbranched alkanes of at least 4 members (excludes halogenated alkanes) is 2. The second-order valence-corrected chi connectivity index (χ2v) is 6.49. The van der Waals surface area contributed by atoms with Gasteiger partial charge in [-0.2, -0.15) is 0 Å². The van der Waals surface area contributed by atoms with Crippen molar-refractivity contribution in [3.8, 4) is 11.8 Å². The van der Waals surface area contributed by atoms with Crippen LogP contribution in [0.2, 0.25) is 0 Å². The Kier molecular flexibility index (Phi) is 6.87. The summed E-state index contributed by atoms with van der Waals surface area (Å²) in [4.78, 5) is 0. The molecular formula is C21H30. The maximum Gasteiger partial charge on any atom is 0.0245 e. The van der Waals surface area contributed by atoms with Crippen LogP contribution in [0.1, 0.15) is 88.7 Å². The van der Waals surface area contributed by atoms with Crippen molar-refractivity contribution < 1.29 is 0 Å². The Balaban J connectivity index is 1.81. The molecule has 1 fully saturated rings. The molecule has 0 amide bonds. The monoisotopic (exact) mass is 282 g/mol. The van der Waals surface area contributed by atoms with Gasteiger partial charge in [-0.05, 0) is 55.2 Å². The fraction of sp³-hybridized carbons (Fsp3) is 0.619. The molecule has 0 heterocycles. The third kappa shape index (κ3) is 5.24. The molecule has 1 aromatic carbocycles. The quantitative estimate of drug-likeness (QED) is 0.439. The van der Waals surface area contributed by atoms with Crippen LogP contribution < -0.4 is 0 Å². The van der Waals surface area contributed by atoms with Gasteiger partial charge in [0.05, 0.1) is 0 Å². The molecule has 21 heavy (non-hydrogen) atoms. The predicted octanol–water partition coefficient (Wildman–Crippen LogP) is 6.30. The van der Waals surface area contributed by atoms with Crippen molar-refractivity contribution in [2.24, 2.45) is 5.92 Å². The van der Waals surface area contributed by atoms with E-state index in [0.717, 1.165) is 23.8 Å². The highest BCUT2D eigenvalue weighted by Crippen LogP contribution is 2.37. The average Bonchev–Trinajstić information content (AvgIpc) is 2.54. The van der Waals surface area contributed by atoms with Gasteiger partial charge in [-0.1, -0.05) is 63.5 Å². The summed E-state index contributed by atoms with van der Waals surface area (Å²) in [5.41, 5.74) is 2.69. The molecule has 1 aromatic rings. The third-order valence-electron chi connectivity index (χ3n) is 4.85. The van der Waals surface area contributed by atoms with Crippen LogP contribution in [-0.4, -0.2) is 0 Å². The van der Waals surface area contributed by atoms with E-state index in [4.69, 9.17) is 0 Å². The van der Waals surface area contributed by atoms with Gasteiger partial charge in [-0.15, -0.1) is 0 Å². The molecule has 0 spiro atoms. The number of rotatable bonds is 5. The summed E-state index contributed by atoms with van der Waals surface area (Å²) in [6.45, 7) is 4.39. The minimum absolute atomic E-state index is 0.792. The first-order valence-electron chi connectivity index (χ1n) is 8.92. The molecule has 1 aliphatic rings. The standard InChI is InChI=1S/C21H30/c1-3-5-7-9-19-12-16-21(17-13-19)20-14-10-18(11-15-20)8-6-4-2/h10-11,14-15,19,21H,3-5,7,9,12-13,16-17H2,1-2H3. The Morgan fingerprint density at radius 1 is 0.952 bits per heavy atom. The van der Waals surface area contributed by atoms with Gasteiger partial charge in [0.25, 0.3) is 0 Å². The first kappa shape index (κ1) is 16.2. The molecule has 0 nitrogen and oxygen atoms in total. The lowest BCUT2D eigenvalue weighted by Gasteiger charge is -2.29. The molecule has 0 heteroatoms. The van der Waals surface area contributed by atoms with Crippen LogP contribution in [0.5, 0.6) is 0 Å². The Morgan fingerprint density at radius 2 is 1.67 bits per heavy atom. The molecule has 1 saturated carbocycles. The molecule has 0 saturated heterocycles. The molecule has 0 aliphatic heterocycles. The Labute approximate surface area is 131 Å². The summed E-state index contributed by atoms with van der Waals surface area (Å²) in [6.07, 6.45) is 12.3. The van der Waals surface area contributed by atoms with Crippen LogP contribution in [0.4, 0.5) is 0 Å². The Morgan fingerprint density at radius 3 is 2.29 bits per heavy atom. The van der Waals surface area contributed by atoms with Crippen molar-refractivity contribution in [3.05, 3.63) is 35.4 Å². The van der Waals surface area contributed by atoms with Gasteiger partial charge in [-0.3, -0.25) is 0 Å². The smallest absolute Gasteiger partial charge is 0.0245 e. The largest absolute Gasteiger partial charge is 0.0982 e. The molecule has 0 unspecified atom stereocenters. The lowest BCUT2D eigenvalue weighted by molar-refractivity contribution is 0.303. The average molecular weight is 282 g/mol. The van der Waals surface area contributed by atoms with E-state index in [1.54, 1.807) is 0 Å². The van der Waals surface area contributed by atoms with E-state index in [9.17, 15) is 0 Å². The van der Waals surface area contributed by atoms with E-state index in [1.165, 1.54) is 56.9 Å². The fourth-order valence-electron chi connectivity index (χ4n) is 3.50. The summed E-state index contributed by atoms with van der Waals surface area (Å²) in [7, 11) is 0. The molecule has 0 radical (unpaired) electrons. The van der Waals surface area contributed by atoms with E-state index < -0.39 is 0 Å². The minimum Gasteiger partial charge on any atom is -0.0982 e. The first-order valence-corrected chi connectivity index (χ1v) is 8.92. The molecule has 114 valence electrons. The summed E-state index contributed by atoms with van der Waals surface area (Å²) in [5.74, 6) is 8.15. The lowest BCUT2D eigenvalue weighted by atomic mass is 9.77. The highest BCUT2D eigenvalue weighted by atomic mass is 14.3. The van der Waals surface area contributed by atoms with Gasteiger partial charge >= 0.3 is 0 Å².